The van der Waals surface area contributed by atoms with Gasteiger partial charge in [0.1, 0.15) is 11.3 Å². The molecule has 0 fully saturated rings. The van der Waals surface area contributed by atoms with Crippen LogP contribution in [0.25, 0.3) is 16.7 Å². The van der Waals surface area contributed by atoms with E-state index in [-0.39, 0.29) is 26.5 Å². The van der Waals surface area contributed by atoms with Crippen LogP contribution in [0.4, 0.5) is 13.2 Å². The first kappa shape index (κ1) is 13.2. The molecule has 3 rings (SSSR count). The van der Waals surface area contributed by atoms with Gasteiger partial charge >= 0.3 is 0 Å². The van der Waals surface area contributed by atoms with Gasteiger partial charge in [0.05, 0.1) is 16.2 Å². The van der Waals surface area contributed by atoms with Gasteiger partial charge < -0.3 is 4.98 Å². The summed E-state index contributed by atoms with van der Waals surface area (Å²) in [7, 11) is 0. The lowest BCUT2D eigenvalue weighted by Gasteiger charge is -2.07. The maximum atomic E-state index is 14.1. The monoisotopic (exact) mass is 314 g/mol. The number of H-pyrrole nitrogens is 1. The van der Waals surface area contributed by atoms with Gasteiger partial charge in [-0.1, -0.05) is 17.7 Å². The van der Waals surface area contributed by atoms with Crippen molar-refractivity contribution in [3.05, 3.63) is 57.6 Å². The maximum absolute atomic E-state index is 14.1. The minimum Gasteiger partial charge on any atom is -0.328 e. The summed E-state index contributed by atoms with van der Waals surface area (Å²) in [6, 6.07) is 6.13. The number of hydrogen-bond donors (Lipinski definition) is 1. The van der Waals surface area contributed by atoms with E-state index in [9.17, 15) is 13.2 Å². The Hall–Kier alpha value is -1.79. The van der Waals surface area contributed by atoms with Crippen molar-refractivity contribution >= 4 is 34.9 Å². The number of halogens is 4. The highest BCUT2D eigenvalue weighted by Crippen LogP contribution is 2.27. The molecule has 0 radical (unpaired) electrons. The fourth-order valence-corrected chi connectivity index (χ4v) is 2.50. The van der Waals surface area contributed by atoms with Gasteiger partial charge in [0.25, 0.3) is 0 Å². The van der Waals surface area contributed by atoms with E-state index in [2.05, 4.69) is 4.98 Å². The molecule has 0 atom stereocenters. The Balaban J connectivity index is 2.45. The van der Waals surface area contributed by atoms with E-state index in [1.165, 1.54) is 22.8 Å². The van der Waals surface area contributed by atoms with E-state index < -0.39 is 17.5 Å². The van der Waals surface area contributed by atoms with Crippen molar-refractivity contribution in [3.8, 4) is 5.69 Å². The molecular formula is C13H6ClF3N2S. The Kier molecular flexibility index (Phi) is 3.07. The molecule has 0 saturated carbocycles. The summed E-state index contributed by atoms with van der Waals surface area (Å²) in [6.07, 6.45) is 0. The number of aromatic amines is 1. The summed E-state index contributed by atoms with van der Waals surface area (Å²) in [6.45, 7) is 0. The molecule has 1 aromatic heterocycles. The highest BCUT2D eigenvalue weighted by atomic mass is 35.5. The van der Waals surface area contributed by atoms with E-state index in [1.807, 2.05) is 0 Å². The molecular weight excluding hydrogens is 309 g/mol. The van der Waals surface area contributed by atoms with Gasteiger partial charge in [-0.15, -0.1) is 0 Å². The highest BCUT2D eigenvalue weighted by Gasteiger charge is 2.16. The van der Waals surface area contributed by atoms with Crippen LogP contribution in [0, 0.1) is 22.2 Å². The van der Waals surface area contributed by atoms with Crippen molar-refractivity contribution in [2.45, 2.75) is 0 Å². The second kappa shape index (κ2) is 4.64. The molecule has 0 spiro atoms. The fourth-order valence-electron chi connectivity index (χ4n) is 2.04. The quantitative estimate of drug-likeness (QED) is 0.642. The maximum Gasteiger partial charge on any atom is 0.182 e. The third kappa shape index (κ3) is 1.92. The number of hydrogen-bond acceptors (Lipinski definition) is 1. The SMILES string of the molecule is Fc1cc(F)c2[nH]c(=S)n(-c3cccc(Cl)c3F)c2c1. The summed E-state index contributed by atoms with van der Waals surface area (Å²) in [5.74, 6) is -2.29. The molecule has 0 unspecified atom stereocenters. The minimum atomic E-state index is -0.799. The van der Waals surface area contributed by atoms with Crippen LogP contribution in [0.3, 0.4) is 0 Å². The molecule has 0 amide bonds. The van der Waals surface area contributed by atoms with Crippen LogP contribution in [0.5, 0.6) is 0 Å². The number of benzene rings is 2. The third-order valence-electron chi connectivity index (χ3n) is 2.88. The first-order valence-electron chi connectivity index (χ1n) is 5.53. The van der Waals surface area contributed by atoms with Crippen LogP contribution >= 0.6 is 23.8 Å². The molecule has 1 heterocycles. The van der Waals surface area contributed by atoms with Gasteiger partial charge in [-0.05, 0) is 24.4 Å². The topological polar surface area (TPSA) is 20.7 Å². The number of nitrogens with one attached hydrogen (secondary N) is 1. The van der Waals surface area contributed by atoms with E-state index in [0.29, 0.717) is 0 Å². The van der Waals surface area contributed by atoms with E-state index in [0.717, 1.165) is 12.1 Å². The molecule has 0 bridgehead atoms. The molecule has 2 nitrogen and oxygen atoms in total. The predicted molar refractivity (Wildman–Crippen MR) is 73.3 cm³/mol. The van der Waals surface area contributed by atoms with Gasteiger partial charge in [-0.2, -0.15) is 0 Å². The van der Waals surface area contributed by atoms with Crippen LogP contribution in [0.15, 0.2) is 30.3 Å². The molecule has 3 aromatic rings. The van der Waals surface area contributed by atoms with E-state index in [1.54, 1.807) is 0 Å². The third-order valence-corrected chi connectivity index (χ3v) is 3.46. The molecule has 2 aromatic carbocycles. The standard InChI is InChI=1S/C13H6ClF3N2S/c14-7-2-1-3-9(11(7)17)19-10-5-6(15)4-8(16)12(10)18-13(19)20/h1-5H,(H,18,20). The van der Waals surface area contributed by atoms with E-state index >= 15 is 0 Å². The highest BCUT2D eigenvalue weighted by molar-refractivity contribution is 7.71. The van der Waals surface area contributed by atoms with Crippen molar-refractivity contribution in [1.82, 2.24) is 9.55 Å². The van der Waals surface area contributed by atoms with Crippen molar-refractivity contribution < 1.29 is 13.2 Å². The molecule has 0 aliphatic rings. The lowest BCUT2D eigenvalue weighted by atomic mass is 10.2. The summed E-state index contributed by atoms with van der Waals surface area (Å²) in [5.41, 5.74) is 0.142. The molecule has 0 aliphatic carbocycles. The van der Waals surface area contributed by atoms with Gasteiger partial charge in [0.2, 0.25) is 0 Å². The largest absolute Gasteiger partial charge is 0.328 e. The first-order chi connectivity index (χ1) is 9.49. The zero-order chi connectivity index (χ0) is 14.4. The Morgan fingerprint density at radius 1 is 1.15 bits per heavy atom. The number of rotatable bonds is 1. The normalized spacial score (nSPS) is 11.2. The van der Waals surface area contributed by atoms with Crippen LogP contribution in [-0.4, -0.2) is 9.55 Å². The summed E-state index contributed by atoms with van der Waals surface area (Å²) in [5, 5.41) is -0.101. The van der Waals surface area contributed by atoms with Crippen LogP contribution in [-0.2, 0) is 0 Å². The van der Waals surface area contributed by atoms with Crippen molar-refractivity contribution in [2.24, 2.45) is 0 Å². The smallest absolute Gasteiger partial charge is 0.182 e. The summed E-state index contributed by atoms with van der Waals surface area (Å²) >= 11 is 10.8. The molecule has 102 valence electrons. The van der Waals surface area contributed by atoms with Gasteiger partial charge in [0, 0.05) is 12.1 Å². The van der Waals surface area contributed by atoms with Crippen molar-refractivity contribution in [2.75, 3.05) is 0 Å². The van der Waals surface area contributed by atoms with Gasteiger partial charge in [0.15, 0.2) is 16.4 Å². The van der Waals surface area contributed by atoms with E-state index in [4.69, 9.17) is 23.8 Å². The van der Waals surface area contributed by atoms with Crippen LogP contribution < -0.4 is 0 Å². The molecule has 7 heteroatoms. The van der Waals surface area contributed by atoms with Gasteiger partial charge in [-0.25, -0.2) is 13.2 Å². The molecule has 0 aliphatic heterocycles. The Bertz CT molecular complexity index is 885. The van der Waals surface area contributed by atoms with Gasteiger partial charge in [-0.3, -0.25) is 4.57 Å². The van der Waals surface area contributed by atoms with Crippen molar-refractivity contribution in [1.29, 1.82) is 0 Å². The van der Waals surface area contributed by atoms with Crippen LogP contribution in [0.2, 0.25) is 5.02 Å². The lowest BCUT2D eigenvalue weighted by Crippen LogP contribution is -1.98. The molecule has 0 saturated heterocycles. The second-order valence-corrected chi connectivity index (χ2v) is 4.91. The average molecular weight is 315 g/mol. The number of fused-ring (bicyclic) bond motifs is 1. The number of imidazole rings is 1. The second-order valence-electron chi connectivity index (χ2n) is 4.12. The van der Waals surface area contributed by atoms with Crippen molar-refractivity contribution in [3.63, 3.8) is 0 Å². The number of aromatic nitrogens is 2. The summed E-state index contributed by atoms with van der Waals surface area (Å²) < 4.78 is 42.4. The average Bonchev–Trinajstić information content (AvgIpc) is 2.70. The van der Waals surface area contributed by atoms with Crippen LogP contribution in [0.1, 0.15) is 0 Å². The lowest BCUT2D eigenvalue weighted by molar-refractivity contribution is 0.590. The number of nitrogens with zero attached hydrogens (tertiary/aromatic N) is 1. The molecule has 1 N–H and O–H groups in total. The fraction of sp³-hybridized carbons (Fsp3) is 0. The summed E-state index contributed by atoms with van der Waals surface area (Å²) in [4.78, 5) is 2.59. The molecule has 20 heavy (non-hydrogen) atoms. The minimum absolute atomic E-state index is 0.00998. The Morgan fingerprint density at radius 3 is 2.65 bits per heavy atom. The zero-order valence-corrected chi connectivity index (χ0v) is 11.3. The first-order valence-corrected chi connectivity index (χ1v) is 6.32. The zero-order valence-electron chi connectivity index (χ0n) is 9.75. The Labute approximate surface area is 121 Å². The Morgan fingerprint density at radius 2 is 1.90 bits per heavy atom. The predicted octanol–water partition coefficient (Wildman–Crippen LogP) is 4.76.